The van der Waals surface area contributed by atoms with Crippen LogP contribution in [-0.2, 0) is 0 Å². The van der Waals surface area contributed by atoms with Crippen molar-refractivity contribution in [1.82, 2.24) is 10.2 Å². The monoisotopic (exact) mass is 418 g/mol. The Kier molecular flexibility index (Phi) is 5.41. The van der Waals surface area contributed by atoms with Crippen molar-refractivity contribution in [2.45, 2.75) is 12.8 Å². The van der Waals surface area contributed by atoms with Gasteiger partial charge in [-0.25, -0.2) is 0 Å². The highest BCUT2D eigenvalue weighted by Crippen LogP contribution is 2.46. The highest BCUT2D eigenvalue weighted by Gasteiger charge is 2.36. The van der Waals surface area contributed by atoms with Gasteiger partial charge in [-0.1, -0.05) is 12.1 Å². The summed E-state index contributed by atoms with van der Waals surface area (Å²) in [4.78, 5) is 0. The van der Waals surface area contributed by atoms with E-state index in [0.29, 0.717) is 46.6 Å². The fourth-order valence-electron chi connectivity index (χ4n) is 3.72. The van der Waals surface area contributed by atoms with Gasteiger partial charge >= 0.3 is 0 Å². The second kappa shape index (κ2) is 8.32. The molecule has 3 aromatic rings. The molecule has 0 aliphatic carbocycles. The fraction of sp³-hybridized carbons (Fsp3) is 0.217. The Hall–Kier alpha value is -4.12. The van der Waals surface area contributed by atoms with Gasteiger partial charge in [-0.05, 0) is 42.8 Å². The zero-order valence-electron chi connectivity index (χ0n) is 17.4. The van der Waals surface area contributed by atoms with Gasteiger partial charge in [0.1, 0.15) is 17.4 Å². The van der Waals surface area contributed by atoms with Gasteiger partial charge in [-0.3, -0.25) is 5.10 Å². The summed E-state index contributed by atoms with van der Waals surface area (Å²) in [5, 5.41) is 17.2. The summed E-state index contributed by atoms with van der Waals surface area (Å²) in [6, 6.07) is 15.3. The number of aromatic amines is 1. The highest BCUT2D eigenvalue weighted by molar-refractivity contribution is 5.73. The lowest BCUT2D eigenvalue weighted by Crippen LogP contribution is -2.21. The first-order valence-electron chi connectivity index (χ1n) is 9.72. The van der Waals surface area contributed by atoms with Crippen LogP contribution < -0.4 is 24.7 Å². The molecule has 0 unspecified atom stereocenters. The number of hydrogen-bond acceptors (Lipinski definition) is 7. The van der Waals surface area contributed by atoms with Crippen molar-refractivity contribution in [3.63, 3.8) is 0 Å². The van der Waals surface area contributed by atoms with E-state index >= 15 is 0 Å². The van der Waals surface area contributed by atoms with Crippen molar-refractivity contribution in [2.75, 3.05) is 20.8 Å². The number of nitrogens with zero attached hydrogens (tertiary/aromatic N) is 2. The van der Waals surface area contributed by atoms with Crippen molar-refractivity contribution in [1.29, 1.82) is 5.26 Å². The van der Waals surface area contributed by atoms with E-state index < -0.39 is 5.92 Å². The second-order valence-electron chi connectivity index (χ2n) is 6.82. The lowest BCUT2D eigenvalue weighted by molar-refractivity contribution is 0.311. The van der Waals surface area contributed by atoms with Crippen LogP contribution in [-0.4, -0.2) is 31.0 Å². The van der Waals surface area contributed by atoms with Crippen LogP contribution in [0.5, 0.6) is 23.1 Å². The van der Waals surface area contributed by atoms with Gasteiger partial charge in [0.2, 0.25) is 11.8 Å². The van der Waals surface area contributed by atoms with Crippen LogP contribution in [0.15, 0.2) is 53.9 Å². The molecule has 1 atom stereocenters. The predicted molar refractivity (Wildman–Crippen MR) is 114 cm³/mol. The quantitative estimate of drug-likeness (QED) is 0.627. The number of rotatable bonds is 6. The van der Waals surface area contributed by atoms with Crippen LogP contribution in [0.25, 0.3) is 11.3 Å². The third-order valence-electron chi connectivity index (χ3n) is 5.12. The number of nitrogens with one attached hydrogen (secondary N) is 1. The first-order chi connectivity index (χ1) is 15.1. The average molecular weight is 418 g/mol. The smallest absolute Gasteiger partial charge is 0.244 e. The number of fused-ring (bicyclic) bond motifs is 1. The third kappa shape index (κ3) is 3.51. The van der Waals surface area contributed by atoms with Crippen LogP contribution >= 0.6 is 0 Å². The number of hydrogen-bond donors (Lipinski definition) is 2. The molecule has 4 rings (SSSR count). The van der Waals surface area contributed by atoms with E-state index in [2.05, 4.69) is 16.3 Å². The number of aromatic nitrogens is 2. The summed E-state index contributed by atoms with van der Waals surface area (Å²) < 4.78 is 22.2. The Balaban J connectivity index is 1.89. The fourth-order valence-corrected chi connectivity index (χ4v) is 3.72. The minimum Gasteiger partial charge on any atom is -0.497 e. The van der Waals surface area contributed by atoms with Crippen LogP contribution in [0.3, 0.4) is 0 Å². The Labute approximate surface area is 179 Å². The molecule has 0 bridgehead atoms. The molecule has 1 aliphatic rings. The Bertz CT molecular complexity index is 1190. The van der Waals surface area contributed by atoms with Crippen LogP contribution in [0.4, 0.5) is 0 Å². The Morgan fingerprint density at radius 1 is 1.16 bits per heavy atom. The van der Waals surface area contributed by atoms with Crippen molar-refractivity contribution >= 4 is 0 Å². The number of allylic oxidation sites excluding steroid dienone is 1. The third-order valence-corrected chi connectivity index (χ3v) is 5.12. The second-order valence-corrected chi connectivity index (χ2v) is 6.82. The zero-order valence-corrected chi connectivity index (χ0v) is 17.4. The largest absolute Gasteiger partial charge is 0.497 e. The molecule has 0 spiro atoms. The Morgan fingerprint density at radius 3 is 2.71 bits per heavy atom. The molecule has 8 nitrogen and oxygen atoms in total. The van der Waals surface area contributed by atoms with E-state index in [-0.39, 0.29) is 5.88 Å². The van der Waals surface area contributed by atoms with Crippen molar-refractivity contribution < 1.29 is 18.9 Å². The maximum atomic E-state index is 9.86. The predicted octanol–water partition coefficient (Wildman–Crippen LogP) is 3.71. The molecule has 1 aliphatic heterocycles. The summed E-state index contributed by atoms with van der Waals surface area (Å²) in [6.45, 7) is 2.44. The Morgan fingerprint density at radius 2 is 2.00 bits per heavy atom. The first kappa shape index (κ1) is 20.2. The van der Waals surface area contributed by atoms with Gasteiger partial charge in [-0.15, -0.1) is 5.10 Å². The number of benzene rings is 2. The van der Waals surface area contributed by atoms with Gasteiger partial charge in [0.25, 0.3) is 0 Å². The molecule has 2 heterocycles. The maximum absolute atomic E-state index is 9.86. The molecular weight excluding hydrogens is 396 g/mol. The van der Waals surface area contributed by atoms with Gasteiger partial charge in [-0.2, -0.15) is 5.26 Å². The van der Waals surface area contributed by atoms with E-state index in [1.807, 2.05) is 49.4 Å². The van der Waals surface area contributed by atoms with Crippen molar-refractivity contribution in [3.8, 4) is 40.5 Å². The van der Waals surface area contributed by atoms with Crippen LogP contribution in [0.1, 0.15) is 24.0 Å². The molecule has 31 heavy (non-hydrogen) atoms. The average Bonchev–Trinajstić information content (AvgIpc) is 3.21. The zero-order chi connectivity index (χ0) is 22.0. The van der Waals surface area contributed by atoms with Gasteiger partial charge in [0.05, 0.1) is 38.0 Å². The number of H-pyrrole nitrogens is 1. The topological polar surface area (TPSA) is 115 Å². The van der Waals surface area contributed by atoms with Gasteiger partial charge < -0.3 is 24.7 Å². The van der Waals surface area contributed by atoms with Gasteiger partial charge in [0, 0.05) is 5.56 Å². The minimum absolute atomic E-state index is 0.0325. The van der Waals surface area contributed by atoms with E-state index in [1.165, 1.54) is 0 Å². The summed E-state index contributed by atoms with van der Waals surface area (Å²) in [5.41, 5.74) is 9.43. The molecule has 1 aromatic heterocycles. The number of nitriles is 1. The molecule has 0 saturated carbocycles. The van der Waals surface area contributed by atoms with E-state index in [9.17, 15) is 5.26 Å². The number of ether oxygens (including phenoxy) is 4. The molecule has 0 amide bonds. The van der Waals surface area contributed by atoms with Crippen molar-refractivity contribution in [3.05, 3.63) is 65.0 Å². The van der Waals surface area contributed by atoms with E-state index in [0.717, 1.165) is 11.1 Å². The minimum atomic E-state index is -0.477. The first-order valence-corrected chi connectivity index (χ1v) is 9.72. The van der Waals surface area contributed by atoms with Crippen LogP contribution in [0, 0.1) is 11.3 Å². The maximum Gasteiger partial charge on any atom is 0.244 e. The van der Waals surface area contributed by atoms with Crippen molar-refractivity contribution in [2.24, 2.45) is 5.73 Å². The summed E-state index contributed by atoms with van der Waals surface area (Å²) in [7, 11) is 3.18. The van der Waals surface area contributed by atoms with Crippen LogP contribution in [0.2, 0.25) is 0 Å². The van der Waals surface area contributed by atoms with E-state index in [1.54, 1.807) is 14.2 Å². The molecule has 8 heteroatoms. The molecule has 0 saturated heterocycles. The summed E-state index contributed by atoms with van der Waals surface area (Å²) >= 11 is 0. The normalized spacial score (nSPS) is 15.0. The molecule has 0 radical (unpaired) electrons. The molecule has 0 fully saturated rings. The number of nitrogens with two attached hydrogens (primary N) is 1. The molecule has 158 valence electrons. The van der Waals surface area contributed by atoms with Gasteiger partial charge in [0.15, 0.2) is 11.5 Å². The standard InChI is InChI=1S/C23H22N4O4/c1-4-30-17-9-8-14(11-18(17)29-3)21-20-19(13-6-5-7-15(10-13)28-2)16(12-24)22(25)31-23(20)27-26-21/h5-11,19H,4,25H2,1-3H3,(H,26,27)/t19-/m0/s1. The summed E-state index contributed by atoms with van der Waals surface area (Å²) in [5.74, 6) is 1.79. The lowest BCUT2D eigenvalue weighted by atomic mass is 9.83. The number of methoxy groups -OCH3 is 2. The molecular formula is C23H22N4O4. The summed E-state index contributed by atoms with van der Waals surface area (Å²) in [6.07, 6.45) is 0. The molecule has 2 aromatic carbocycles. The molecule has 3 N–H and O–H groups in total. The lowest BCUT2D eigenvalue weighted by Gasteiger charge is -2.24. The SMILES string of the molecule is CCOc1ccc(-c2[nH]nc3c2[C@@H](c2cccc(OC)c2)C(C#N)=C(N)O3)cc1OC. The highest BCUT2D eigenvalue weighted by atomic mass is 16.5. The van der Waals surface area contributed by atoms with E-state index in [4.69, 9.17) is 24.7 Å².